The van der Waals surface area contributed by atoms with Gasteiger partial charge in [-0.2, -0.15) is 0 Å². The number of hydrogen-bond donors (Lipinski definition) is 0. The second-order valence-electron chi connectivity index (χ2n) is 26.4. The molecule has 398 valence electrons. The highest BCUT2D eigenvalue weighted by molar-refractivity contribution is 7.00. The van der Waals surface area contributed by atoms with Gasteiger partial charge in [0.05, 0.1) is 22.4 Å². The highest BCUT2D eigenvalue weighted by atomic mass is 16.3. The normalized spacial score (nSPS) is 13.4. The molecule has 0 aliphatic carbocycles. The van der Waals surface area contributed by atoms with Crippen LogP contribution in [0.4, 0.5) is 34.1 Å². The van der Waals surface area contributed by atoms with Crippen molar-refractivity contribution in [2.45, 2.75) is 106 Å². The Kier molecular flexibility index (Phi) is 11.3. The van der Waals surface area contributed by atoms with Gasteiger partial charge in [-0.25, -0.2) is 0 Å². The van der Waals surface area contributed by atoms with E-state index in [9.17, 15) is 0 Å². The minimum atomic E-state index is -0.193. The molecule has 0 saturated carbocycles. The van der Waals surface area contributed by atoms with E-state index in [1.54, 1.807) is 0 Å². The number of benzene rings is 10. The van der Waals surface area contributed by atoms with Gasteiger partial charge in [-0.05, 0) is 206 Å². The fourth-order valence-electron chi connectivity index (χ4n) is 13.8. The fourth-order valence-corrected chi connectivity index (χ4v) is 13.8. The molecule has 2 aliphatic heterocycles. The highest BCUT2D eigenvalue weighted by Crippen LogP contribution is 2.51. The standard InChI is InChI=1S/C76H70BN3O/c1-45-35-50(49-23-16-14-17-24-49)36-46(2)72(45)79-64-40-53(75(8,9)10)31-33-60(64)77-61-43-59-58-39-52(74(5,6)7)32-34-62(58)78(55-25-18-15-19-26-55)63(59)44-65(61)80(67-42-54(76(11,12)13)41-66(79)71(67)77)73-47(3)37-51(38-48(73)4)56-28-22-30-69-70(56)57-27-20-21-29-68(57)81-69/h14-44H,1-13H3. The molecule has 2 aliphatic rings. The van der Waals surface area contributed by atoms with Crippen molar-refractivity contribution in [3.8, 4) is 27.9 Å². The van der Waals surface area contributed by atoms with E-state index < -0.39 is 0 Å². The molecule has 81 heavy (non-hydrogen) atoms. The summed E-state index contributed by atoms with van der Waals surface area (Å²) in [4.78, 5) is 5.35. The van der Waals surface area contributed by atoms with Crippen LogP contribution in [0.2, 0.25) is 0 Å². The number of hydrogen-bond acceptors (Lipinski definition) is 3. The molecule has 0 unspecified atom stereocenters. The van der Waals surface area contributed by atoms with Gasteiger partial charge >= 0.3 is 0 Å². The Morgan fingerprint density at radius 1 is 0.370 bits per heavy atom. The Labute approximate surface area is 478 Å². The van der Waals surface area contributed by atoms with E-state index in [1.807, 2.05) is 0 Å². The maximum absolute atomic E-state index is 6.48. The smallest absolute Gasteiger partial charge is 0.252 e. The highest BCUT2D eigenvalue weighted by Gasteiger charge is 2.46. The molecule has 10 aromatic carbocycles. The first-order chi connectivity index (χ1) is 38.7. The molecule has 4 heterocycles. The van der Waals surface area contributed by atoms with Crippen LogP contribution in [0.5, 0.6) is 0 Å². The average molecular weight is 1050 g/mol. The summed E-state index contributed by atoms with van der Waals surface area (Å²) in [5, 5.41) is 4.82. The summed E-state index contributed by atoms with van der Waals surface area (Å²) in [6.45, 7) is 30.4. The Morgan fingerprint density at radius 2 is 0.889 bits per heavy atom. The van der Waals surface area contributed by atoms with Gasteiger partial charge in [0.15, 0.2) is 0 Å². The summed E-state index contributed by atoms with van der Waals surface area (Å²) in [6, 6.07) is 71.4. The molecule has 5 heteroatoms. The number of nitrogens with zero attached hydrogens (tertiary/aromatic N) is 3. The fraction of sp³-hybridized carbons (Fsp3) is 0.211. The SMILES string of the molecule is Cc1cc(-c2ccccc2)cc(C)c1N1c2cc(C(C)(C)C)ccc2B2c3cc4c5cc(C(C)(C)C)ccc5n(-c5ccccc5)c4cc3N(c3c(C)cc(-c4cccc5oc6ccccc6c45)cc3C)c3cc(C(C)(C)C)cc1c32. The Bertz CT molecular complexity index is 4530. The van der Waals surface area contributed by atoms with E-state index in [2.05, 4.69) is 292 Å². The molecule has 0 fully saturated rings. The second-order valence-corrected chi connectivity index (χ2v) is 26.4. The average Bonchev–Trinajstić information content (AvgIpc) is 4.19. The first-order valence-electron chi connectivity index (χ1n) is 29.0. The quantitative estimate of drug-likeness (QED) is 0.161. The zero-order valence-electron chi connectivity index (χ0n) is 49.2. The van der Waals surface area contributed by atoms with Crippen LogP contribution in [0.3, 0.4) is 0 Å². The number of para-hydroxylation sites is 2. The lowest BCUT2D eigenvalue weighted by atomic mass is 9.33. The van der Waals surface area contributed by atoms with E-state index in [0.717, 1.165) is 27.6 Å². The predicted octanol–water partition coefficient (Wildman–Crippen LogP) is 19.2. The second kappa shape index (κ2) is 18.0. The summed E-state index contributed by atoms with van der Waals surface area (Å²) in [5.74, 6) is 0. The first-order valence-corrected chi connectivity index (χ1v) is 29.0. The molecular formula is C76H70BN3O. The Balaban J connectivity index is 1.12. The Hall–Kier alpha value is -8.54. The molecule has 4 nitrogen and oxygen atoms in total. The van der Waals surface area contributed by atoms with E-state index in [0.29, 0.717) is 0 Å². The van der Waals surface area contributed by atoms with Gasteiger partial charge in [-0.1, -0.05) is 165 Å². The number of rotatable bonds is 5. The molecule has 0 spiro atoms. The third-order valence-electron chi connectivity index (χ3n) is 17.8. The largest absolute Gasteiger partial charge is 0.456 e. The van der Waals surface area contributed by atoms with Crippen molar-refractivity contribution in [1.29, 1.82) is 0 Å². The molecule has 0 radical (unpaired) electrons. The summed E-state index contributed by atoms with van der Waals surface area (Å²) in [5.41, 5.74) is 30.0. The maximum atomic E-state index is 6.48. The van der Waals surface area contributed by atoms with Crippen LogP contribution < -0.4 is 26.2 Å². The van der Waals surface area contributed by atoms with E-state index in [4.69, 9.17) is 4.42 Å². The summed E-state index contributed by atoms with van der Waals surface area (Å²) in [7, 11) is 0. The van der Waals surface area contributed by atoms with Gasteiger partial charge in [0, 0.05) is 50.0 Å². The van der Waals surface area contributed by atoms with Gasteiger partial charge < -0.3 is 18.8 Å². The van der Waals surface area contributed by atoms with Gasteiger partial charge in [-0.3, -0.25) is 0 Å². The van der Waals surface area contributed by atoms with Crippen molar-refractivity contribution < 1.29 is 4.42 Å². The van der Waals surface area contributed by atoms with Gasteiger partial charge in [0.1, 0.15) is 11.2 Å². The summed E-state index contributed by atoms with van der Waals surface area (Å²) >= 11 is 0. The number of furan rings is 1. The van der Waals surface area contributed by atoms with Gasteiger partial charge in [0.25, 0.3) is 6.71 Å². The molecule has 14 rings (SSSR count). The Morgan fingerprint density at radius 3 is 1.52 bits per heavy atom. The molecule has 0 bridgehead atoms. The molecule has 0 saturated heterocycles. The summed E-state index contributed by atoms with van der Waals surface area (Å²) < 4.78 is 9.00. The van der Waals surface area contributed by atoms with E-state index in [1.165, 1.54) is 134 Å². The zero-order chi connectivity index (χ0) is 56.2. The minimum Gasteiger partial charge on any atom is -0.456 e. The minimum absolute atomic E-state index is 0.0392. The molecule has 0 atom stereocenters. The predicted molar refractivity (Wildman–Crippen MR) is 348 cm³/mol. The van der Waals surface area contributed by atoms with Crippen LogP contribution in [0, 0.1) is 27.7 Å². The number of aromatic nitrogens is 1. The van der Waals surface area contributed by atoms with Crippen LogP contribution in [0.1, 0.15) is 101 Å². The number of fused-ring (bicyclic) bond motifs is 10. The van der Waals surface area contributed by atoms with Crippen LogP contribution in [0.25, 0.3) is 71.7 Å². The van der Waals surface area contributed by atoms with Crippen molar-refractivity contribution in [3.05, 3.63) is 227 Å². The monoisotopic (exact) mass is 1050 g/mol. The number of aryl methyl sites for hydroxylation is 4. The third-order valence-corrected chi connectivity index (χ3v) is 17.8. The lowest BCUT2D eigenvalue weighted by Gasteiger charge is -2.46. The third kappa shape index (κ3) is 7.94. The van der Waals surface area contributed by atoms with Crippen molar-refractivity contribution in [2.75, 3.05) is 9.80 Å². The zero-order valence-corrected chi connectivity index (χ0v) is 49.2. The van der Waals surface area contributed by atoms with Crippen molar-refractivity contribution in [1.82, 2.24) is 4.57 Å². The lowest BCUT2D eigenvalue weighted by molar-refractivity contribution is 0.590. The molecule has 12 aromatic rings. The van der Waals surface area contributed by atoms with Crippen LogP contribution >= 0.6 is 0 Å². The van der Waals surface area contributed by atoms with Crippen LogP contribution in [-0.2, 0) is 16.2 Å². The summed E-state index contributed by atoms with van der Waals surface area (Å²) in [6.07, 6.45) is 0. The van der Waals surface area contributed by atoms with Crippen molar-refractivity contribution >= 4 is 101 Å². The van der Waals surface area contributed by atoms with E-state index in [-0.39, 0.29) is 23.0 Å². The van der Waals surface area contributed by atoms with E-state index >= 15 is 0 Å². The molecule has 2 aromatic heterocycles. The van der Waals surface area contributed by atoms with Gasteiger partial charge in [0.2, 0.25) is 0 Å². The molecule has 0 N–H and O–H groups in total. The topological polar surface area (TPSA) is 24.6 Å². The molecular weight excluding hydrogens is 982 g/mol. The lowest BCUT2D eigenvalue weighted by Crippen LogP contribution is -2.61. The van der Waals surface area contributed by atoms with Crippen molar-refractivity contribution in [2.24, 2.45) is 0 Å². The van der Waals surface area contributed by atoms with Crippen LogP contribution in [0.15, 0.2) is 192 Å². The molecule has 0 amide bonds. The first kappa shape index (κ1) is 50.7. The van der Waals surface area contributed by atoms with Crippen molar-refractivity contribution in [3.63, 3.8) is 0 Å². The maximum Gasteiger partial charge on any atom is 0.252 e. The number of anilines is 6. The van der Waals surface area contributed by atoms with Gasteiger partial charge in [-0.15, -0.1) is 0 Å². The van der Waals surface area contributed by atoms with Crippen LogP contribution in [-0.4, -0.2) is 11.3 Å².